The number of rotatable bonds is 4. The predicted molar refractivity (Wildman–Crippen MR) is 78.9 cm³/mol. The lowest BCUT2D eigenvalue weighted by atomic mass is 10.2. The fraction of sp³-hybridized carbons (Fsp3) is 0.400. The number of nitrogens with one attached hydrogen (secondary N) is 1. The van der Waals surface area contributed by atoms with E-state index >= 15 is 0 Å². The molecule has 0 fully saturated rings. The summed E-state index contributed by atoms with van der Waals surface area (Å²) in [5.41, 5.74) is 1.93. The van der Waals surface area contributed by atoms with Gasteiger partial charge in [0.25, 0.3) is 0 Å². The Morgan fingerprint density at radius 2 is 1.89 bits per heavy atom. The Morgan fingerprint density at radius 3 is 2.44 bits per heavy atom. The van der Waals surface area contributed by atoms with Gasteiger partial charge in [-0.05, 0) is 32.6 Å². The monoisotopic (exact) mass is 248 g/mol. The zero-order valence-electron chi connectivity index (χ0n) is 12.0. The third-order valence-electron chi connectivity index (χ3n) is 2.14. The molecular formula is C15H24N2O. The molecule has 1 amide bonds. The molecule has 100 valence electrons. The number of hydrogen-bond acceptors (Lipinski definition) is 2. The molecule has 0 atom stereocenters. The van der Waals surface area contributed by atoms with Crippen LogP contribution in [0.5, 0.6) is 0 Å². The summed E-state index contributed by atoms with van der Waals surface area (Å²) in [6.07, 6.45) is 3.40. The number of aryl methyl sites for hydroxylation is 1. The van der Waals surface area contributed by atoms with Gasteiger partial charge in [0.15, 0.2) is 0 Å². The van der Waals surface area contributed by atoms with Crippen LogP contribution in [0.1, 0.15) is 19.4 Å². The minimum absolute atomic E-state index is 0.0869. The Kier molecular flexibility index (Phi) is 8.58. The first kappa shape index (κ1) is 16.4. The number of para-hydroxylation sites is 1. The second kappa shape index (κ2) is 9.42. The quantitative estimate of drug-likeness (QED) is 0.830. The maximum Gasteiger partial charge on any atom is 0.248 e. The second-order valence-corrected chi connectivity index (χ2v) is 3.97. The van der Waals surface area contributed by atoms with Gasteiger partial charge in [-0.25, -0.2) is 0 Å². The van der Waals surface area contributed by atoms with Gasteiger partial charge < -0.3 is 10.2 Å². The van der Waals surface area contributed by atoms with Crippen molar-refractivity contribution in [3.63, 3.8) is 0 Å². The minimum atomic E-state index is -0.0869. The van der Waals surface area contributed by atoms with Gasteiger partial charge in [-0.15, -0.1) is 0 Å². The highest BCUT2D eigenvalue weighted by atomic mass is 16.1. The van der Waals surface area contributed by atoms with Gasteiger partial charge in [0.05, 0.1) is 0 Å². The van der Waals surface area contributed by atoms with E-state index in [4.69, 9.17) is 0 Å². The van der Waals surface area contributed by atoms with E-state index in [0.717, 1.165) is 17.8 Å². The summed E-state index contributed by atoms with van der Waals surface area (Å²) in [6.45, 7) is 6.74. The van der Waals surface area contributed by atoms with Crippen LogP contribution in [0.15, 0.2) is 36.4 Å². The summed E-state index contributed by atoms with van der Waals surface area (Å²) in [5.74, 6) is -0.0869. The van der Waals surface area contributed by atoms with Crippen LogP contribution >= 0.6 is 0 Å². The number of carbonyl (C=O) groups excluding carboxylic acids is 1. The van der Waals surface area contributed by atoms with Crippen molar-refractivity contribution in [3.8, 4) is 0 Å². The molecule has 0 aromatic heterocycles. The molecule has 18 heavy (non-hydrogen) atoms. The summed E-state index contributed by atoms with van der Waals surface area (Å²) in [6, 6.07) is 7.73. The lowest BCUT2D eigenvalue weighted by Gasteiger charge is -2.06. The highest BCUT2D eigenvalue weighted by Gasteiger charge is 1.99. The molecule has 1 aromatic carbocycles. The van der Waals surface area contributed by atoms with E-state index in [2.05, 4.69) is 5.32 Å². The highest BCUT2D eigenvalue weighted by molar-refractivity contribution is 5.99. The van der Waals surface area contributed by atoms with Crippen molar-refractivity contribution in [2.45, 2.75) is 20.8 Å². The fourth-order valence-electron chi connectivity index (χ4n) is 1.26. The third kappa shape index (κ3) is 6.86. The number of benzene rings is 1. The van der Waals surface area contributed by atoms with Crippen molar-refractivity contribution >= 4 is 11.6 Å². The lowest BCUT2D eigenvalue weighted by Crippen LogP contribution is -2.13. The summed E-state index contributed by atoms with van der Waals surface area (Å²) in [5, 5.41) is 2.84. The molecule has 0 saturated carbocycles. The van der Waals surface area contributed by atoms with Crippen molar-refractivity contribution in [3.05, 3.63) is 42.0 Å². The van der Waals surface area contributed by atoms with Crippen LogP contribution in [0, 0.1) is 6.92 Å². The Bertz CT molecular complexity index is 384. The molecular weight excluding hydrogens is 224 g/mol. The van der Waals surface area contributed by atoms with Crippen LogP contribution in [0.2, 0.25) is 0 Å². The standard InChI is InChI=1S/C13H18N2O.C2H6/c1-11-7-4-5-8-12(11)14-13(16)9-6-10-15(2)3;1-2/h4-9H,10H2,1-3H3,(H,14,16);1-2H3/b9-6+;. The molecule has 0 heterocycles. The summed E-state index contributed by atoms with van der Waals surface area (Å²) in [4.78, 5) is 13.5. The zero-order valence-corrected chi connectivity index (χ0v) is 12.0. The summed E-state index contributed by atoms with van der Waals surface area (Å²) in [7, 11) is 3.92. The van der Waals surface area contributed by atoms with Crippen molar-refractivity contribution in [2.24, 2.45) is 0 Å². The molecule has 0 aliphatic rings. The van der Waals surface area contributed by atoms with E-state index in [0.29, 0.717) is 0 Å². The van der Waals surface area contributed by atoms with Gasteiger partial charge in [0.1, 0.15) is 0 Å². The van der Waals surface area contributed by atoms with E-state index in [1.54, 1.807) is 6.08 Å². The predicted octanol–water partition coefficient (Wildman–Crippen LogP) is 3.08. The Balaban J connectivity index is 0.00000137. The van der Waals surface area contributed by atoms with Crippen LogP contribution in [0.3, 0.4) is 0 Å². The van der Waals surface area contributed by atoms with E-state index < -0.39 is 0 Å². The summed E-state index contributed by atoms with van der Waals surface area (Å²) < 4.78 is 0. The van der Waals surface area contributed by atoms with E-state index in [1.807, 2.05) is 70.1 Å². The van der Waals surface area contributed by atoms with Gasteiger partial charge in [-0.1, -0.05) is 38.1 Å². The molecule has 0 aliphatic heterocycles. The van der Waals surface area contributed by atoms with E-state index in [9.17, 15) is 4.79 Å². The first-order valence-electron chi connectivity index (χ1n) is 6.27. The average Bonchev–Trinajstić information content (AvgIpc) is 2.34. The Morgan fingerprint density at radius 1 is 1.28 bits per heavy atom. The molecule has 0 spiro atoms. The van der Waals surface area contributed by atoms with Gasteiger partial charge in [-0.3, -0.25) is 4.79 Å². The molecule has 0 aliphatic carbocycles. The van der Waals surface area contributed by atoms with Crippen LogP contribution in [0.25, 0.3) is 0 Å². The molecule has 0 radical (unpaired) electrons. The molecule has 3 nitrogen and oxygen atoms in total. The minimum Gasteiger partial charge on any atom is -0.322 e. The highest BCUT2D eigenvalue weighted by Crippen LogP contribution is 2.12. The number of amides is 1. The van der Waals surface area contributed by atoms with Crippen molar-refractivity contribution in [2.75, 3.05) is 26.0 Å². The number of anilines is 1. The first-order valence-corrected chi connectivity index (χ1v) is 6.27. The van der Waals surface area contributed by atoms with Crippen LogP contribution in [-0.4, -0.2) is 31.4 Å². The van der Waals surface area contributed by atoms with Crippen molar-refractivity contribution in [1.29, 1.82) is 0 Å². The topological polar surface area (TPSA) is 32.3 Å². The molecule has 1 rings (SSSR count). The lowest BCUT2D eigenvalue weighted by molar-refractivity contribution is -0.111. The SMILES string of the molecule is CC.Cc1ccccc1NC(=O)/C=C/CN(C)C. The number of hydrogen-bond donors (Lipinski definition) is 1. The van der Waals surface area contributed by atoms with Gasteiger partial charge in [0, 0.05) is 18.3 Å². The maximum absolute atomic E-state index is 11.5. The second-order valence-electron chi connectivity index (χ2n) is 3.97. The first-order chi connectivity index (χ1) is 8.59. The molecule has 1 aromatic rings. The number of nitrogens with zero attached hydrogens (tertiary/aromatic N) is 1. The molecule has 0 bridgehead atoms. The normalized spacial score (nSPS) is 10.1. The molecule has 3 heteroatoms. The van der Waals surface area contributed by atoms with Crippen molar-refractivity contribution < 1.29 is 4.79 Å². The molecule has 0 saturated heterocycles. The van der Waals surface area contributed by atoms with Crippen molar-refractivity contribution in [1.82, 2.24) is 4.90 Å². The van der Waals surface area contributed by atoms with Crippen LogP contribution < -0.4 is 5.32 Å². The van der Waals surface area contributed by atoms with Gasteiger partial charge in [0.2, 0.25) is 5.91 Å². The molecule has 0 unspecified atom stereocenters. The molecule has 1 N–H and O–H groups in total. The Labute approximate surface area is 111 Å². The number of likely N-dealkylation sites (N-methyl/N-ethyl adjacent to an activating group) is 1. The Hall–Kier alpha value is -1.61. The van der Waals surface area contributed by atoms with Crippen LogP contribution in [-0.2, 0) is 4.79 Å². The average molecular weight is 248 g/mol. The van der Waals surface area contributed by atoms with E-state index in [-0.39, 0.29) is 5.91 Å². The van der Waals surface area contributed by atoms with Crippen LogP contribution in [0.4, 0.5) is 5.69 Å². The van der Waals surface area contributed by atoms with Gasteiger partial charge in [-0.2, -0.15) is 0 Å². The van der Waals surface area contributed by atoms with E-state index in [1.165, 1.54) is 0 Å². The zero-order chi connectivity index (χ0) is 14.0. The largest absolute Gasteiger partial charge is 0.322 e. The van der Waals surface area contributed by atoms with Gasteiger partial charge >= 0.3 is 0 Å². The fourth-order valence-corrected chi connectivity index (χ4v) is 1.26. The smallest absolute Gasteiger partial charge is 0.248 e. The number of carbonyl (C=O) groups is 1. The third-order valence-corrected chi connectivity index (χ3v) is 2.14. The summed E-state index contributed by atoms with van der Waals surface area (Å²) >= 11 is 0. The maximum atomic E-state index is 11.5.